The number of hydrogen-bond acceptors (Lipinski definition) is 5. The van der Waals surface area contributed by atoms with E-state index in [2.05, 4.69) is 10.6 Å². The number of benzene rings is 1. The number of phenols is 1. The second kappa shape index (κ2) is 12.5. The molecule has 1 rings (SSSR count). The number of hydrogen-bond donors (Lipinski definition) is 3. The fourth-order valence-corrected chi connectivity index (χ4v) is 3.44. The first-order valence-electron chi connectivity index (χ1n) is 11.6. The molecule has 0 aliphatic carbocycles. The van der Waals surface area contributed by atoms with Crippen molar-refractivity contribution >= 4 is 17.9 Å². The molecule has 8 nitrogen and oxygen atoms in total. The third kappa shape index (κ3) is 9.72. The lowest BCUT2D eigenvalue weighted by Gasteiger charge is -2.35. The van der Waals surface area contributed by atoms with Crippen molar-refractivity contribution in [3.05, 3.63) is 29.8 Å². The van der Waals surface area contributed by atoms with Gasteiger partial charge in [0.2, 0.25) is 11.8 Å². The van der Waals surface area contributed by atoms with Gasteiger partial charge in [-0.05, 0) is 71.1 Å². The quantitative estimate of drug-likeness (QED) is 0.483. The van der Waals surface area contributed by atoms with Crippen molar-refractivity contribution in [2.45, 2.75) is 92.0 Å². The number of aromatic hydroxyl groups is 1. The SMILES string of the molecule is CCCN(C(=O)C(CC(C)C)NC(=O)OC(C)(C)C)C(C(=O)NC(C)C)c1ccc(O)cc1. The van der Waals surface area contributed by atoms with Crippen LogP contribution < -0.4 is 10.6 Å². The lowest BCUT2D eigenvalue weighted by molar-refractivity contribution is -0.143. The van der Waals surface area contributed by atoms with E-state index >= 15 is 0 Å². The summed E-state index contributed by atoms with van der Waals surface area (Å²) in [4.78, 5) is 41.0. The zero-order chi connectivity index (χ0) is 25.3. The first-order valence-corrected chi connectivity index (χ1v) is 11.6. The number of carbonyl (C=O) groups excluding carboxylic acids is 3. The number of ether oxygens (including phenoxy) is 1. The summed E-state index contributed by atoms with van der Waals surface area (Å²) < 4.78 is 5.37. The molecule has 2 unspecified atom stereocenters. The van der Waals surface area contributed by atoms with Gasteiger partial charge in [-0.3, -0.25) is 9.59 Å². The second-order valence-electron chi connectivity index (χ2n) is 10.0. The fourth-order valence-electron chi connectivity index (χ4n) is 3.44. The molecule has 33 heavy (non-hydrogen) atoms. The van der Waals surface area contributed by atoms with Crippen LogP contribution in [0.15, 0.2) is 24.3 Å². The van der Waals surface area contributed by atoms with Gasteiger partial charge in [0.15, 0.2) is 0 Å². The van der Waals surface area contributed by atoms with Crippen molar-refractivity contribution < 1.29 is 24.2 Å². The van der Waals surface area contributed by atoms with E-state index in [1.807, 2.05) is 34.6 Å². The molecule has 3 N–H and O–H groups in total. The largest absolute Gasteiger partial charge is 0.508 e. The zero-order valence-electron chi connectivity index (χ0n) is 21.3. The lowest BCUT2D eigenvalue weighted by atomic mass is 9.98. The van der Waals surface area contributed by atoms with Crippen molar-refractivity contribution in [2.75, 3.05) is 6.54 Å². The van der Waals surface area contributed by atoms with Gasteiger partial charge in [0, 0.05) is 12.6 Å². The molecule has 0 fully saturated rings. The average molecular weight is 464 g/mol. The third-order valence-electron chi connectivity index (χ3n) is 4.64. The van der Waals surface area contributed by atoms with Gasteiger partial charge in [0.1, 0.15) is 23.4 Å². The van der Waals surface area contributed by atoms with E-state index in [4.69, 9.17) is 4.74 Å². The van der Waals surface area contributed by atoms with Gasteiger partial charge < -0.3 is 25.4 Å². The molecule has 0 aliphatic heterocycles. The maximum absolute atomic E-state index is 13.8. The van der Waals surface area contributed by atoms with Gasteiger partial charge in [-0.2, -0.15) is 0 Å². The van der Waals surface area contributed by atoms with Gasteiger partial charge in [-0.1, -0.05) is 32.9 Å². The molecule has 0 heterocycles. The Morgan fingerprint density at radius 2 is 1.61 bits per heavy atom. The predicted octanol–water partition coefficient (Wildman–Crippen LogP) is 4.14. The Balaban J connectivity index is 3.38. The van der Waals surface area contributed by atoms with Crippen LogP contribution >= 0.6 is 0 Å². The highest BCUT2D eigenvalue weighted by atomic mass is 16.6. The minimum atomic E-state index is -0.907. The summed E-state index contributed by atoms with van der Waals surface area (Å²) in [6.07, 6.45) is 0.341. The minimum Gasteiger partial charge on any atom is -0.508 e. The van der Waals surface area contributed by atoms with Crippen LogP contribution in [0.2, 0.25) is 0 Å². The standard InChI is InChI=1S/C25H41N3O5/c1-9-14-28(21(22(30)26-17(4)5)18-10-12-19(29)13-11-18)23(31)20(15-16(2)3)27-24(32)33-25(6,7)8/h10-13,16-17,20-21,29H,9,14-15H2,1-8H3,(H,26,30)(H,27,32). The Labute approximate surface area is 198 Å². The Kier molecular flexibility index (Phi) is 10.7. The number of amides is 3. The highest BCUT2D eigenvalue weighted by molar-refractivity contribution is 5.92. The van der Waals surface area contributed by atoms with E-state index in [9.17, 15) is 19.5 Å². The van der Waals surface area contributed by atoms with Gasteiger partial charge in [0.25, 0.3) is 0 Å². The van der Waals surface area contributed by atoms with Crippen molar-refractivity contribution in [1.29, 1.82) is 0 Å². The molecule has 0 radical (unpaired) electrons. The topological polar surface area (TPSA) is 108 Å². The number of nitrogens with zero attached hydrogens (tertiary/aromatic N) is 1. The minimum absolute atomic E-state index is 0.0689. The first kappa shape index (κ1) is 28.3. The molecule has 0 aromatic heterocycles. The molecule has 3 amide bonds. The summed E-state index contributed by atoms with van der Waals surface area (Å²) >= 11 is 0. The van der Waals surface area contributed by atoms with Crippen LogP contribution in [0.5, 0.6) is 5.75 Å². The van der Waals surface area contributed by atoms with E-state index in [-0.39, 0.29) is 29.5 Å². The Morgan fingerprint density at radius 3 is 2.06 bits per heavy atom. The van der Waals surface area contributed by atoms with E-state index in [1.165, 1.54) is 17.0 Å². The number of rotatable bonds is 10. The number of carbonyl (C=O) groups is 3. The van der Waals surface area contributed by atoms with E-state index in [1.54, 1.807) is 32.9 Å². The summed E-state index contributed by atoms with van der Waals surface area (Å²) in [5.41, 5.74) is -0.127. The fraction of sp³-hybridized carbons (Fsp3) is 0.640. The molecule has 0 saturated heterocycles. The predicted molar refractivity (Wildman–Crippen MR) is 129 cm³/mol. The second-order valence-corrected chi connectivity index (χ2v) is 10.0. The first-order chi connectivity index (χ1) is 15.2. The molecular formula is C25H41N3O5. The number of phenolic OH excluding ortho intramolecular Hbond substituents is 1. The summed E-state index contributed by atoms with van der Waals surface area (Å²) in [5, 5.41) is 15.3. The number of nitrogens with one attached hydrogen (secondary N) is 2. The lowest BCUT2D eigenvalue weighted by Crippen LogP contribution is -2.54. The molecule has 8 heteroatoms. The van der Waals surface area contributed by atoms with E-state index in [0.717, 1.165) is 0 Å². The average Bonchev–Trinajstić information content (AvgIpc) is 2.65. The molecule has 0 saturated carbocycles. The monoisotopic (exact) mass is 463 g/mol. The van der Waals surface area contributed by atoms with Crippen LogP contribution in [0, 0.1) is 5.92 Å². The molecule has 0 spiro atoms. The van der Waals surface area contributed by atoms with Crippen molar-refractivity contribution in [3.63, 3.8) is 0 Å². The van der Waals surface area contributed by atoms with Crippen LogP contribution in [0.25, 0.3) is 0 Å². The molecule has 0 bridgehead atoms. The molecular weight excluding hydrogens is 422 g/mol. The Hall–Kier alpha value is -2.77. The molecule has 186 valence electrons. The van der Waals surface area contributed by atoms with Crippen LogP contribution in [0.3, 0.4) is 0 Å². The van der Waals surface area contributed by atoms with Gasteiger partial charge in [-0.25, -0.2) is 4.79 Å². The summed E-state index contributed by atoms with van der Waals surface area (Å²) in [6, 6.07) is 4.37. The number of alkyl carbamates (subject to hydrolysis) is 1. The summed E-state index contributed by atoms with van der Waals surface area (Å²) in [5.74, 6) is -0.486. The van der Waals surface area contributed by atoms with E-state index in [0.29, 0.717) is 24.9 Å². The maximum atomic E-state index is 13.8. The van der Waals surface area contributed by atoms with Crippen LogP contribution in [0.1, 0.15) is 79.8 Å². The van der Waals surface area contributed by atoms with Crippen LogP contribution in [-0.2, 0) is 14.3 Å². The van der Waals surface area contributed by atoms with Crippen molar-refractivity contribution in [3.8, 4) is 5.75 Å². The zero-order valence-corrected chi connectivity index (χ0v) is 21.3. The van der Waals surface area contributed by atoms with E-state index < -0.39 is 23.8 Å². The van der Waals surface area contributed by atoms with Crippen LogP contribution in [0.4, 0.5) is 4.79 Å². The maximum Gasteiger partial charge on any atom is 0.408 e. The third-order valence-corrected chi connectivity index (χ3v) is 4.64. The van der Waals surface area contributed by atoms with Gasteiger partial charge >= 0.3 is 6.09 Å². The summed E-state index contributed by atoms with van der Waals surface area (Å²) in [6.45, 7) is 15.1. The van der Waals surface area contributed by atoms with Crippen molar-refractivity contribution in [2.24, 2.45) is 5.92 Å². The highest BCUT2D eigenvalue weighted by Crippen LogP contribution is 2.26. The molecule has 0 aliphatic rings. The normalized spacial score (nSPS) is 13.4. The summed E-state index contributed by atoms with van der Waals surface area (Å²) in [7, 11) is 0. The molecule has 1 aromatic carbocycles. The smallest absolute Gasteiger partial charge is 0.408 e. The highest BCUT2D eigenvalue weighted by Gasteiger charge is 2.36. The van der Waals surface area contributed by atoms with Gasteiger partial charge in [0.05, 0.1) is 0 Å². The van der Waals surface area contributed by atoms with Crippen LogP contribution in [-0.4, -0.2) is 52.1 Å². The van der Waals surface area contributed by atoms with Crippen molar-refractivity contribution in [1.82, 2.24) is 15.5 Å². The Morgan fingerprint density at radius 1 is 1.03 bits per heavy atom. The molecule has 1 aromatic rings. The molecule has 2 atom stereocenters. The Bertz CT molecular complexity index is 784. The van der Waals surface area contributed by atoms with Gasteiger partial charge in [-0.15, -0.1) is 0 Å².